The fourth-order valence-corrected chi connectivity index (χ4v) is 3.36. The number of piperazine rings is 1. The van der Waals surface area contributed by atoms with Crippen LogP contribution in [0, 0.1) is 11.3 Å². The van der Waals surface area contributed by atoms with E-state index >= 15 is 0 Å². The number of carbonyl (C=O) groups excluding carboxylic acids is 1. The molecule has 1 fully saturated rings. The van der Waals surface area contributed by atoms with Crippen LogP contribution in [0.2, 0.25) is 0 Å². The molecule has 0 aromatic heterocycles. The molecule has 0 aliphatic carbocycles. The molecule has 1 unspecified atom stereocenters. The van der Waals surface area contributed by atoms with Crippen molar-refractivity contribution in [2.45, 2.75) is 25.7 Å². The monoisotopic (exact) mass is 403 g/mol. The molecule has 0 bridgehead atoms. The molecule has 5 nitrogen and oxygen atoms in total. The van der Waals surface area contributed by atoms with Crippen LogP contribution in [0.4, 0.5) is 23.7 Å². The summed E-state index contributed by atoms with van der Waals surface area (Å²) in [6.45, 7) is 3.03. The van der Waals surface area contributed by atoms with Gasteiger partial charge in [-0.15, -0.1) is 0 Å². The van der Waals surface area contributed by atoms with Crippen LogP contribution in [0.3, 0.4) is 0 Å². The minimum absolute atomic E-state index is 0.166. The van der Waals surface area contributed by atoms with Crippen molar-refractivity contribution >= 4 is 11.8 Å². The third-order valence-corrected chi connectivity index (χ3v) is 4.85. The first-order valence-electron chi connectivity index (χ1n) is 9.13. The smallest absolute Gasteiger partial charge is 0.417 e. The van der Waals surface area contributed by atoms with Crippen LogP contribution in [-0.2, 0) is 17.5 Å². The van der Waals surface area contributed by atoms with Gasteiger partial charge >= 0.3 is 12.3 Å². The van der Waals surface area contributed by atoms with Crippen LogP contribution < -0.4 is 4.90 Å². The van der Waals surface area contributed by atoms with Crippen molar-refractivity contribution in [3.05, 3.63) is 65.2 Å². The lowest BCUT2D eigenvalue weighted by atomic mass is 10.0. The van der Waals surface area contributed by atoms with Gasteiger partial charge in [0.25, 0.3) is 0 Å². The molecular weight excluding hydrogens is 383 g/mol. The molecule has 3 rings (SSSR count). The molecule has 1 aliphatic heterocycles. The lowest BCUT2D eigenvalue weighted by molar-refractivity contribution is -0.137. The number of nitriles is 1. The van der Waals surface area contributed by atoms with E-state index in [1.165, 1.54) is 12.1 Å². The number of alkyl halides is 3. The van der Waals surface area contributed by atoms with Gasteiger partial charge in [0.15, 0.2) is 0 Å². The van der Waals surface area contributed by atoms with Gasteiger partial charge in [0.2, 0.25) is 0 Å². The summed E-state index contributed by atoms with van der Waals surface area (Å²) in [6.07, 6.45) is -5.05. The summed E-state index contributed by atoms with van der Waals surface area (Å²) in [7, 11) is 0. The van der Waals surface area contributed by atoms with E-state index in [0.717, 1.165) is 11.6 Å². The first-order chi connectivity index (χ1) is 13.8. The van der Waals surface area contributed by atoms with Crippen molar-refractivity contribution in [3.8, 4) is 6.07 Å². The van der Waals surface area contributed by atoms with Crippen molar-refractivity contribution in [1.82, 2.24) is 4.90 Å². The maximum atomic E-state index is 13.2. The molecule has 2 aromatic rings. The number of hydrogen-bond acceptors (Lipinski definition) is 4. The highest BCUT2D eigenvalue weighted by Gasteiger charge is 2.35. The summed E-state index contributed by atoms with van der Waals surface area (Å²) >= 11 is 0. The van der Waals surface area contributed by atoms with Crippen molar-refractivity contribution in [2.24, 2.45) is 0 Å². The predicted molar refractivity (Wildman–Crippen MR) is 101 cm³/mol. The highest BCUT2D eigenvalue weighted by molar-refractivity contribution is 5.68. The summed E-state index contributed by atoms with van der Waals surface area (Å²) in [5.41, 5.74) is -0.0997. The van der Waals surface area contributed by atoms with E-state index < -0.39 is 23.4 Å². The minimum atomic E-state index is -4.60. The highest BCUT2D eigenvalue weighted by Crippen LogP contribution is 2.35. The van der Waals surface area contributed by atoms with Gasteiger partial charge in [-0.25, -0.2) is 4.79 Å². The molecule has 1 aliphatic rings. The summed E-state index contributed by atoms with van der Waals surface area (Å²) in [5, 5.41) is 8.94. The molecule has 0 saturated carbocycles. The van der Waals surface area contributed by atoms with Crippen molar-refractivity contribution < 1.29 is 22.7 Å². The molecule has 152 valence electrons. The Labute approximate surface area is 166 Å². The summed E-state index contributed by atoms with van der Waals surface area (Å²) in [6, 6.07) is 14.4. The van der Waals surface area contributed by atoms with Gasteiger partial charge in [-0.2, -0.15) is 18.4 Å². The number of anilines is 1. The van der Waals surface area contributed by atoms with Crippen LogP contribution in [0.1, 0.15) is 23.6 Å². The van der Waals surface area contributed by atoms with Crippen molar-refractivity contribution in [2.75, 3.05) is 24.5 Å². The van der Waals surface area contributed by atoms with Gasteiger partial charge in [0.1, 0.15) is 6.61 Å². The van der Waals surface area contributed by atoms with E-state index in [-0.39, 0.29) is 12.6 Å². The van der Waals surface area contributed by atoms with Crippen LogP contribution in [0.5, 0.6) is 0 Å². The normalized spacial score (nSPS) is 17.0. The Hall–Kier alpha value is -3.21. The van der Waals surface area contributed by atoms with Gasteiger partial charge in [0.05, 0.1) is 17.2 Å². The van der Waals surface area contributed by atoms with Crippen LogP contribution >= 0.6 is 0 Å². The second-order valence-corrected chi connectivity index (χ2v) is 6.87. The molecule has 1 heterocycles. The molecule has 0 radical (unpaired) electrons. The number of hydrogen-bond donors (Lipinski definition) is 0. The van der Waals surface area contributed by atoms with Gasteiger partial charge in [-0.1, -0.05) is 30.3 Å². The summed E-state index contributed by atoms with van der Waals surface area (Å²) in [4.78, 5) is 15.7. The Bertz CT molecular complexity index is 910. The fourth-order valence-electron chi connectivity index (χ4n) is 3.36. The molecule has 1 saturated heterocycles. The Balaban J connectivity index is 1.66. The standard InChI is InChI=1S/C21H20F3N3O2/c1-15-13-26(20(28)29-14-16-5-3-2-4-6-16)9-10-27(15)18-8-7-17(12-25)19(11-18)21(22,23)24/h2-8,11,15H,9-10,13-14H2,1H3. The molecule has 8 heteroatoms. The molecule has 0 spiro atoms. The quantitative estimate of drug-likeness (QED) is 0.761. The number of amides is 1. The molecule has 2 aromatic carbocycles. The molecule has 0 N–H and O–H groups in total. The SMILES string of the molecule is CC1CN(C(=O)OCc2ccccc2)CCN1c1ccc(C#N)c(C(F)(F)F)c1. The van der Waals surface area contributed by atoms with Crippen LogP contribution in [-0.4, -0.2) is 36.7 Å². The number of carbonyl (C=O) groups is 1. The van der Waals surface area contributed by atoms with E-state index in [9.17, 15) is 18.0 Å². The van der Waals surface area contributed by atoms with Crippen molar-refractivity contribution in [3.63, 3.8) is 0 Å². The summed E-state index contributed by atoms with van der Waals surface area (Å²) in [5.74, 6) is 0. The first kappa shape index (κ1) is 20.5. The Morgan fingerprint density at radius 2 is 1.93 bits per heavy atom. The maximum absolute atomic E-state index is 13.2. The second-order valence-electron chi connectivity index (χ2n) is 6.87. The van der Waals surface area contributed by atoms with Gasteiger partial charge < -0.3 is 14.5 Å². The van der Waals surface area contributed by atoms with E-state index in [2.05, 4.69) is 0 Å². The average Bonchev–Trinajstić information content (AvgIpc) is 2.71. The third kappa shape index (κ3) is 4.80. The number of ether oxygens (including phenoxy) is 1. The van der Waals surface area contributed by atoms with Crippen LogP contribution in [0.15, 0.2) is 48.5 Å². The van der Waals surface area contributed by atoms with Gasteiger partial charge in [0, 0.05) is 31.4 Å². The molecule has 1 amide bonds. The molecular formula is C21H20F3N3O2. The van der Waals surface area contributed by atoms with E-state index in [0.29, 0.717) is 25.3 Å². The number of halogens is 3. The second kappa shape index (κ2) is 8.43. The zero-order valence-corrected chi connectivity index (χ0v) is 15.8. The lowest BCUT2D eigenvalue weighted by Crippen LogP contribution is -2.54. The Morgan fingerprint density at radius 3 is 2.55 bits per heavy atom. The Morgan fingerprint density at radius 1 is 1.21 bits per heavy atom. The minimum Gasteiger partial charge on any atom is -0.445 e. The average molecular weight is 403 g/mol. The zero-order chi connectivity index (χ0) is 21.0. The van der Waals surface area contributed by atoms with Crippen LogP contribution in [0.25, 0.3) is 0 Å². The molecule has 29 heavy (non-hydrogen) atoms. The first-order valence-corrected chi connectivity index (χ1v) is 9.13. The fraction of sp³-hybridized carbons (Fsp3) is 0.333. The van der Waals surface area contributed by atoms with E-state index in [1.807, 2.05) is 37.3 Å². The van der Waals surface area contributed by atoms with Crippen molar-refractivity contribution in [1.29, 1.82) is 5.26 Å². The summed E-state index contributed by atoms with van der Waals surface area (Å²) < 4.78 is 45.0. The number of rotatable bonds is 3. The highest BCUT2D eigenvalue weighted by atomic mass is 19.4. The molecule has 1 atom stereocenters. The van der Waals surface area contributed by atoms with E-state index in [1.54, 1.807) is 15.9 Å². The zero-order valence-electron chi connectivity index (χ0n) is 15.8. The van der Waals surface area contributed by atoms with Gasteiger partial charge in [-0.05, 0) is 30.7 Å². The topological polar surface area (TPSA) is 56.6 Å². The third-order valence-electron chi connectivity index (χ3n) is 4.85. The van der Waals surface area contributed by atoms with Gasteiger partial charge in [-0.3, -0.25) is 0 Å². The number of benzene rings is 2. The number of nitrogens with zero attached hydrogens (tertiary/aromatic N) is 3. The van der Waals surface area contributed by atoms with E-state index in [4.69, 9.17) is 10.00 Å². The lowest BCUT2D eigenvalue weighted by Gasteiger charge is -2.41. The largest absolute Gasteiger partial charge is 0.445 e. The Kier molecular flexibility index (Phi) is 5.97. The predicted octanol–water partition coefficient (Wildman–Crippen LogP) is 4.42. The maximum Gasteiger partial charge on any atom is 0.417 e.